The van der Waals surface area contributed by atoms with Crippen molar-refractivity contribution < 1.29 is 4.79 Å². The second-order valence-corrected chi connectivity index (χ2v) is 6.70. The Morgan fingerprint density at radius 1 is 0.926 bits per heavy atom. The number of pyridine rings is 1. The number of hydrogen-bond donors (Lipinski definition) is 0. The summed E-state index contributed by atoms with van der Waals surface area (Å²) in [5, 5.41) is 4.40. The van der Waals surface area contributed by atoms with Crippen LogP contribution in [0.3, 0.4) is 0 Å². The molecule has 3 aromatic rings. The number of piperazine rings is 1. The van der Waals surface area contributed by atoms with Gasteiger partial charge in [0.1, 0.15) is 0 Å². The molecular formula is C21H23N5O. The van der Waals surface area contributed by atoms with Gasteiger partial charge < -0.3 is 9.80 Å². The molecule has 1 aliphatic heterocycles. The zero-order chi connectivity index (χ0) is 18.5. The van der Waals surface area contributed by atoms with E-state index in [1.807, 2.05) is 76.8 Å². The second-order valence-electron chi connectivity index (χ2n) is 6.70. The van der Waals surface area contributed by atoms with Gasteiger partial charge in [-0.15, -0.1) is 0 Å². The molecule has 1 aromatic carbocycles. The number of carbonyl (C=O) groups is 1. The molecule has 1 fully saturated rings. The molecule has 138 valence electrons. The number of aromatic nitrogens is 3. The third-order valence-electron chi connectivity index (χ3n) is 4.94. The molecule has 0 aliphatic carbocycles. The minimum atomic E-state index is 0.219. The van der Waals surface area contributed by atoms with Crippen LogP contribution in [0.15, 0.2) is 67.3 Å². The van der Waals surface area contributed by atoms with Crippen molar-refractivity contribution in [3.63, 3.8) is 0 Å². The molecule has 1 amide bonds. The van der Waals surface area contributed by atoms with Crippen LogP contribution in [0.1, 0.15) is 12.0 Å². The first-order valence-electron chi connectivity index (χ1n) is 9.31. The van der Waals surface area contributed by atoms with Gasteiger partial charge in [-0.1, -0.05) is 18.2 Å². The van der Waals surface area contributed by atoms with E-state index in [1.165, 1.54) is 5.69 Å². The second kappa shape index (κ2) is 8.03. The van der Waals surface area contributed by atoms with Gasteiger partial charge in [0, 0.05) is 56.9 Å². The van der Waals surface area contributed by atoms with Crippen LogP contribution in [0.25, 0.3) is 5.69 Å². The Morgan fingerprint density at radius 3 is 2.41 bits per heavy atom. The largest absolute Gasteiger partial charge is 0.368 e. The summed E-state index contributed by atoms with van der Waals surface area (Å²) in [7, 11) is 0. The minimum Gasteiger partial charge on any atom is -0.368 e. The lowest BCUT2D eigenvalue weighted by atomic mass is 10.1. The van der Waals surface area contributed by atoms with Crippen molar-refractivity contribution in [2.24, 2.45) is 0 Å². The fourth-order valence-electron chi connectivity index (χ4n) is 3.39. The van der Waals surface area contributed by atoms with Crippen LogP contribution in [0.2, 0.25) is 0 Å². The molecule has 0 unspecified atom stereocenters. The third-order valence-corrected chi connectivity index (χ3v) is 4.94. The topological polar surface area (TPSA) is 54.3 Å². The van der Waals surface area contributed by atoms with E-state index in [0.29, 0.717) is 6.42 Å². The van der Waals surface area contributed by atoms with Gasteiger partial charge in [0.2, 0.25) is 5.91 Å². The lowest BCUT2D eigenvalue weighted by Crippen LogP contribution is -2.48. The molecular weight excluding hydrogens is 338 g/mol. The number of carbonyl (C=O) groups excluding carboxylic acids is 1. The van der Waals surface area contributed by atoms with E-state index in [9.17, 15) is 4.79 Å². The summed E-state index contributed by atoms with van der Waals surface area (Å²) < 4.78 is 1.85. The average Bonchev–Trinajstić information content (AvgIpc) is 3.22. The first-order valence-corrected chi connectivity index (χ1v) is 9.31. The van der Waals surface area contributed by atoms with E-state index in [1.54, 1.807) is 0 Å². The lowest BCUT2D eigenvalue weighted by molar-refractivity contribution is -0.131. The van der Waals surface area contributed by atoms with Gasteiger partial charge in [-0.3, -0.25) is 9.78 Å². The average molecular weight is 361 g/mol. The van der Waals surface area contributed by atoms with E-state index < -0.39 is 0 Å². The van der Waals surface area contributed by atoms with E-state index in [0.717, 1.165) is 43.9 Å². The highest BCUT2D eigenvalue weighted by Gasteiger charge is 2.21. The van der Waals surface area contributed by atoms with Crippen molar-refractivity contribution in [2.75, 3.05) is 31.1 Å². The SMILES string of the molecule is O=C(CCc1cnn(-c2ccccc2)c1)N1CCN(c2ccncc2)CC1. The molecule has 4 rings (SSSR count). The van der Waals surface area contributed by atoms with Crippen molar-refractivity contribution in [3.8, 4) is 5.69 Å². The van der Waals surface area contributed by atoms with Crippen molar-refractivity contribution in [1.29, 1.82) is 0 Å². The Hall–Kier alpha value is -3.15. The maximum absolute atomic E-state index is 12.6. The summed E-state index contributed by atoms with van der Waals surface area (Å²) in [4.78, 5) is 20.9. The molecule has 0 bridgehead atoms. The van der Waals surface area contributed by atoms with Crippen molar-refractivity contribution in [1.82, 2.24) is 19.7 Å². The fourth-order valence-corrected chi connectivity index (χ4v) is 3.39. The van der Waals surface area contributed by atoms with E-state index >= 15 is 0 Å². The molecule has 27 heavy (non-hydrogen) atoms. The summed E-state index contributed by atoms with van der Waals surface area (Å²) >= 11 is 0. The molecule has 6 nitrogen and oxygen atoms in total. The summed E-state index contributed by atoms with van der Waals surface area (Å²) in [6.07, 6.45) is 8.71. The first kappa shape index (κ1) is 17.3. The zero-order valence-corrected chi connectivity index (χ0v) is 15.2. The Bertz CT molecular complexity index is 870. The minimum absolute atomic E-state index is 0.219. The van der Waals surface area contributed by atoms with Crippen LogP contribution >= 0.6 is 0 Å². The Morgan fingerprint density at radius 2 is 1.67 bits per heavy atom. The van der Waals surface area contributed by atoms with Gasteiger partial charge >= 0.3 is 0 Å². The summed E-state index contributed by atoms with van der Waals surface area (Å²) in [5.41, 5.74) is 3.29. The predicted molar refractivity (Wildman–Crippen MR) is 105 cm³/mol. The van der Waals surface area contributed by atoms with Gasteiger partial charge in [0.15, 0.2) is 0 Å². The maximum Gasteiger partial charge on any atom is 0.223 e. The van der Waals surface area contributed by atoms with Gasteiger partial charge in [-0.2, -0.15) is 5.10 Å². The van der Waals surface area contributed by atoms with Crippen molar-refractivity contribution in [3.05, 3.63) is 72.8 Å². The summed E-state index contributed by atoms with van der Waals surface area (Å²) in [5.74, 6) is 0.219. The maximum atomic E-state index is 12.6. The number of para-hydroxylation sites is 1. The third kappa shape index (κ3) is 4.16. The molecule has 2 aromatic heterocycles. The van der Waals surface area contributed by atoms with Crippen LogP contribution in [0.5, 0.6) is 0 Å². The van der Waals surface area contributed by atoms with Crippen LogP contribution < -0.4 is 4.90 Å². The van der Waals surface area contributed by atoms with Crippen molar-refractivity contribution in [2.45, 2.75) is 12.8 Å². The molecule has 1 saturated heterocycles. The predicted octanol–water partition coefficient (Wildman–Crippen LogP) is 2.55. The lowest BCUT2D eigenvalue weighted by Gasteiger charge is -2.36. The number of aryl methyl sites for hydroxylation is 1. The smallest absolute Gasteiger partial charge is 0.223 e. The van der Waals surface area contributed by atoms with Crippen LogP contribution in [0.4, 0.5) is 5.69 Å². The number of benzene rings is 1. The van der Waals surface area contributed by atoms with Gasteiger partial charge in [-0.25, -0.2) is 4.68 Å². The number of nitrogens with zero attached hydrogens (tertiary/aromatic N) is 5. The highest BCUT2D eigenvalue weighted by atomic mass is 16.2. The standard InChI is InChI=1S/C21H23N5O/c27-21(25-14-12-24(13-15-25)19-8-10-22-11-9-19)7-6-18-16-23-26(17-18)20-4-2-1-3-5-20/h1-5,8-11,16-17H,6-7,12-15H2. The van der Waals surface area contributed by atoms with Gasteiger partial charge in [0.05, 0.1) is 11.9 Å². The quantitative estimate of drug-likeness (QED) is 0.701. The number of hydrogen-bond acceptors (Lipinski definition) is 4. The van der Waals surface area contributed by atoms with E-state index in [4.69, 9.17) is 0 Å². The number of anilines is 1. The molecule has 0 radical (unpaired) electrons. The molecule has 1 aliphatic rings. The Labute approximate surface area is 159 Å². The summed E-state index contributed by atoms with van der Waals surface area (Å²) in [6, 6.07) is 14.0. The highest BCUT2D eigenvalue weighted by molar-refractivity contribution is 5.76. The summed E-state index contributed by atoms with van der Waals surface area (Å²) in [6.45, 7) is 3.26. The monoisotopic (exact) mass is 361 g/mol. The van der Waals surface area contributed by atoms with Gasteiger partial charge in [-0.05, 0) is 36.2 Å². The highest BCUT2D eigenvalue weighted by Crippen LogP contribution is 2.16. The molecule has 3 heterocycles. The van der Waals surface area contributed by atoms with Crippen LogP contribution in [0, 0.1) is 0 Å². The molecule has 0 spiro atoms. The van der Waals surface area contributed by atoms with E-state index in [-0.39, 0.29) is 5.91 Å². The molecule has 0 N–H and O–H groups in total. The molecule has 6 heteroatoms. The first-order chi connectivity index (χ1) is 13.3. The number of rotatable bonds is 5. The van der Waals surface area contributed by atoms with Crippen molar-refractivity contribution >= 4 is 11.6 Å². The Kier molecular flexibility index (Phi) is 5.14. The van der Waals surface area contributed by atoms with E-state index in [2.05, 4.69) is 15.0 Å². The fraction of sp³-hybridized carbons (Fsp3) is 0.286. The van der Waals surface area contributed by atoms with Crippen LogP contribution in [-0.4, -0.2) is 51.8 Å². The zero-order valence-electron chi connectivity index (χ0n) is 15.2. The Balaban J connectivity index is 1.27. The normalized spacial score (nSPS) is 14.4. The number of amides is 1. The van der Waals surface area contributed by atoms with Crippen LogP contribution in [-0.2, 0) is 11.2 Å². The molecule has 0 atom stereocenters. The van der Waals surface area contributed by atoms with Gasteiger partial charge in [0.25, 0.3) is 0 Å². The molecule has 0 saturated carbocycles.